The van der Waals surface area contributed by atoms with E-state index in [0.29, 0.717) is 11.3 Å². The Morgan fingerprint density at radius 2 is 1.57 bits per heavy atom. The Kier molecular flexibility index (Phi) is 5.12. The molecule has 0 aromatic heterocycles. The van der Waals surface area contributed by atoms with Crippen LogP contribution in [0.5, 0.6) is 0 Å². The zero-order valence-electron chi connectivity index (χ0n) is 12.7. The maximum Gasteiger partial charge on any atom is 0.257 e. The summed E-state index contributed by atoms with van der Waals surface area (Å²) in [5.41, 5.74) is 2.16. The first-order valence-electron chi connectivity index (χ1n) is 6.75. The number of rotatable bonds is 3. The minimum absolute atomic E-state index is 0.141. The molecule has 0 radical (unpaired) electrons. The van der Waals surface area contributed by atoms with Gasteiger partial charge in [-0.15, -0.1) is 0 Å². The van der Waals surface area contributed by atoms with Crippen molar-refractivity contribution in [3.05, 3.63) is 59.7 Å². The Labute approximate surface area is 140 Å². The SMILES string of the molecule is Cc1ccc(C(=O)NC(=S)Nc2ccc(S(C)(=O)=O)cc2)cc1. The van der Waals surface area contributed by atoms with E-state index in [-0.39, 0.29) is 15.9 Å². The third-order valence-corrected chi connectivity index (χ3v) is 4.41. The molecular weight excluding hydrogens is 332 g/mol. The zero-order chi connectivity index (χ0) is 17.0. The highest BCUT2D eigenvalue weighted by Crippen LogP contribution is 2.13. The Balaban J connectivity index is 1.99. The fourth-order valence-corrected chi connectivity index (χ4v) is 2.67. The number of sulfone groups is 1. The highest BCUT2D eigenvalue weighted by Gasteiger charge is 2.09. The molecule has 7 heteroatoms. The minimum atomic E-state index is -3.24. The number of anilines is 1. The molecule has 120 valence electrons. The predicted molar refractivity (Wildman–Crippen MR) is 94.4 cm³/mol. The summed E-state index contributed by atoms with van der Waals surface area (Å²) >= 11 is 5.08. The lowest BCUT2D eigenvalue weighted by atomic mass is 10.1. The molecular formula is C16H16N2O3S2. The lowest BCUT2D eigenvalue weighted by molar-refractivity contribution is 0.0977. The van der Waals surface area contributed by atoms with Gasteiger partial charge in [0.05, 0.1) is 4.90 Å². The molecule has 0 saturated heterocycles. The van der Waals surface area contributed by atoms with Gasteiger partial charge in [0.1, 0.15) is 0 Å². The van der Waals surface area contributed by atoms with Crippen LogP contribution in [-0.2, 0) is 9.84 Å². The Bertz CT molecular complexity index is 827. The van der Waals surface area contributed by atoms with Gasteiger partial charge in [0.2, 0.25) is 0 Å². The van der Waals surface area contributed by atoms with Crippen LogP contribution in [0.15, 0.2) is 53.4 Å². The van der Waals surface area contributed by atoms with Crippen LogP contribution in [0.3, 0.4) is 0 Å². The van der Waals surface area contributed by atoms with Crippen molar-refractivity contribution in [2.24, 2.45) is 0 Å². The van der Waals surface area contributed by atoms with E-state index in [4.69, 9.17) is 12.2 Å². The molecule has 0 bridgehead atoms. The molecule has 0 heterocycles. The lowest BCUT2D eigenvalue weighted by Gasteiger charge is -2.10. The molecule has 5 nitrogen and oxygen atoms in total. The van der Waals surface area contributed by atoms with E-state index in [9.17, 15) is 13.2 Å². The first kappa shape index (κ1) is 17.1. The maximum atomic E-state index is 12.0. The van der Waals surface area contributed by atoms with E-state index in [0.717, 1.165) is 11.8 Å². The quantitative estimate of drug-likeness (QED) is 0.834. The topological polar surface area (TPSA) is 75.3 Å². The summed E-state index contributed by atoms with van der Waals surface area (Å²) in [6.45, 7) is 1.94. The van der Waals surface area contributed by atoms with Crippen LogP contribution in [0, 0.1) is 6.92 Å². The number of benzene rings is 2. The molecule has 0 unspecified atom stereocenters. The largest absolute Gasteiger partial charge is 0.332 e. The van der Waals surface area contributed by atoms with E-state index in [1.165, 1.54) is 12.1 Å². The monoisotopic (exact) mass is 348 g/mol. The molecule has 0 spiro atoms. The van der Waals surface area contributed by atoms with E-state index < -0.39 is 9.84 Å². The number of thiocarbonyl (C=S) groups is 1. The summed E-state index contributed by atoms with van der Waals surface area (Å²) in [4.78, 5) is 12.2. The number of nitrogens with one attached hydrogen (secondary N) is 2. The van der Waals surface area contributed by atoms with E-state index in [2.05, 4.69) is 10.6 Å². The first-order chi connectivity index (χ1) is 10.8. The number of amides is 1. The van der Waals surface area contributed by atoms with Crippen LogP contribution in [0.4, 0.5) is 5.69 Å². The van der Waals surface area contributed by atoms with Gasteiger partial charge < -0.3 is 5.32 Å². The van der Waals surface area contributed by atoms with Crippen molar-refractivity contribution in [3.63, 3.8) is 0 Å². The Morgan fingerprint density at radius 1 is 1.00 bits per heavy atom. The summed E-state index contributed by atoms with van der Waals surface area (Å²) in [5, 5.41) is 5.55. The van der Waals surface area contributed by atoms with Gasteiger partial charge in [0.25, 0.3) is 5.91 Å². The van der Waals surface area contributed by atoms with Crippen LogP contribution in [0.25, 0.3) is 0 Å². The molecule has 2 aromatic carbocycles. The smallest absolute Gasteiger partial charge is 0.257 e. The third-order valence-electron chi connectivity index (χ3n) is 3.08. The van der Waals surface area contributed by atoms with Gasteiger partial charge in [0.15, 0.2) is 14.9 Å². The Morgan fingerprint density at radius 3 is 2.09 bits per heavy atom. The number of hydrogen-bond acceptors (Lipinski definition) is 4. The van der Waals surface area contributed by atoms with Crippen LogP contribution in [0.1, 0.15) is 15.9 Å². The predicted octanol–water partition coefficient (Wildman–Crippen LogP) is 2.53. The minimum Gasteiger partial charge on any atom is -0.332 e. The normalized spacial score (nSPS) is 10.9. The average Bonchev–Trinajstić information content (AvgIpc) is 2.47. The molecule has 0 aliphatic heterocycles. The van der Waals surface area contributed by atoms with Gasteiger partial charge in [-0.05, 0) is 55.5 Å². The molecule has 0 aliphatic rings. The number of carbonyl (C=O) groups is 1. The third kappa shape index (κ3) is 4.87. The molecule has 0 atom stereocenters. The summed E-state index contributed by atoms with van der Waals surface area (Å²) in [5.74, 6) is -0.310. The Hall–Kier alpha value is -2.25. The fraction of sp³-hybridized carbons (Fsp3) is 0.125. The summed E-state index contributed by atoms with van der Waals surface area (Å²) in [7, 11) is -3.24. The van der Waals surface area contributed by atoms with Crippen molar-refractivity contribution in [1.82, 2.24) is 5.32 Å². The van der Waals surface area contributed by atoms with Crippen LogP contribution in [-0.4, -0.2) is 25.7 Å². The highest BCUT2D eigenvalue weighted by molar-refractivity contribution is 7.90. The van der Waals surface area contributed by atoms with Crippen LogP contribution in [0.2, 0.25) is 0 Å². The average molecular weight is 348 g/mol. The fourth-order valence-electron chi connectivity index (χ4n) is 1.83. The number of carbonyl (C=O) groups excluding carboxylic acids is 1. The molecule has 2 N–H and O–H groups in total. The standard InChI is InChI=1S/C16H16N2O3S2/c1-11-3-5-12(6-4-11)15(19)18-16(22)17-13-7-9-14(10-8-13)23(2,20)21/h3-10H,1-2H3,(H2,17,18,19,22). The molecule has 0 saturated carbocycles. The lowest BCUT2D eigenvalue weighted by Crippen LogP contribution is -2.34. The van der Waals surface area contributed by atoms with Gasteiger partial charge in [-0.1, -0.05) is 17.7 Å². The second kappa shape index (κ2) is 6.89. The number of hydrogen-bond donors (Lipinski definition) is 2. The molecule has 23 heavy (non-hydrogen) atoms. The van der Waals surface area contributed by atoms with Crippen LogP contribution >= 0.6 is 12.2 Å². The van der Waals surface area contributed by atoms with Gasteiger partial charge in [-0.3, -0.25) is 10.1 Å². The molecule has 2 rings (SSSR count). The zero-order valence-corrected chi connectivity index (χ0v) is 14.3. The summed E-state index contributed by atoms with van der Waals surface area (Å²) < 4.78 is 22.8. The molecule has 0 fully saturated rings. The van der Waals surface area contributed by atoms with Crippen molar-refractivity contribution in [1.29, 1.82) is 0 Å². The van der Waals surface area contributed by atoms with Crippen molar-refractivity contribution in [3.8, 4) is 0 Å². The van der Waals surface area contributed by atoms with Gasteiger partial charge >= 0.3 is 0 Å². The van der Waals surface area contributed by atoms with Crippen molar-refractivity contribution in [2.75, 3.05) is 11.6 Å². The van der Waals surface area contributed by atoms with E-state index >= 15 is 0 Å². The van der Waals surface area contributed by atoms with Gasteiger partial charge in [-0.2, -0.15) is 0 Å². The number of aryl methyl sites for hydroxylation is 1. The van der Waals surface area contributed by atoms with E-state index in [1.807, 2.05) is 19.1 Å². The first-order valence-corrected chi connectivity index (χ1v) is 9.05. The molecule has 1 amide bonds. The van der Waals surface area contributed by atoms with Gasteiger partial charge in [0, 0.05) is 17.5 Å². The highest BCUT2D eigenvalue weighted by atomic mass is 32.2. The molecule has 2 aromatic rings. The van der Waals surface area contributed by atoms with Gasteiger partial charge in [-0.25, -0.2) is 8.42 Å². The summed E-state index contributed by atoms with van der Waals surface area (Å²) in [6.07, 6.45) is 1.14. The maximum absolute atomic E-state index is 12.0. The van der Waals surface area contributed by atoms with Crippen molar-refractivity contribution in [2.45, 2.75) is 11.8 Å². The van der Waals surface area contributed by atoms with Crippen LogP contribution < -0.4 is 10.6 Å². The van der Waals surface area contributed by atoms with Crippen molar-refractivity contribution >= 4 is 38.8 Å². The second-order valence-electron chi connectivity index (χ2n) is 5.07. The second-order valence-corrected chi connectivity index (χ2v) is 7.49. The molecule has 0 aliphatic carbocycles. The summed E-state index contributed by atoms with van der Waals surface area (Å²) in [6, 6.07) is 13.2. The van der Waals surface area contributed by atoms with E-state index in [1.54, 1.807) is 24.3 Å². The van der Waals surface area contributed by atoms with Crippen molar-refractivity contribution < 1.29 is 13.2 Å².